The molecule has 1 heterocycles. The van der Waals surface area contributed by atoms with Gasteiger partial charge in [0.15, 0.2) is 6.10 Å². The highest BCUT2D eigenvalue weighted by atomic mass is 35.5. The van der Waals surface area contributed by atoms with Crippen molar-refractivity contribution in [1.82, 2.24) is 0 Å². The van der Waals surface area contributed by atoms with E-state index in [1.54, 1.807) is 25.1 Å². The maximum absolute atomic E-state index is 13.2. The fraction of sp³-hybridized carbons (Fsp3) is 0.167. The number of fused-ring (bicyclic) bond motifs is 1. The lowest BCUT2D eigenvalue weighted by Gasteiger charge is -2.25. The number of aryl methyl sites for hydroxylation is 1. The molecule has 0 aliphatic carbocycles. The molecule has 1 aliphatic rings. The van der Waals surface area contributed by atoms with Gasteiger partial charge in [0.1, 0.15) is 11.8 Å². The first kappa shape index (κ1) is 20.8. The summed E-state index contributed by atoms with van der Waals surface area (Å²) in [5, 5.41) is 9.60. The van der Waals surface area contributed by atoms with Crippen LogP contribution in [0.3, 0.4) is 0 Å². The molecule has 0 spiro atoms. The van der Waals surface area contributed by atoms with Crippen LogP contribution in [0, 0.1) is 6.92 Å². The van der Waals surface area contributed by atoms with Crippen LogP contribution in [0.15, 0.2) is 66.7 Å². The molecule has 0 saturated heterocycles. The molecule has 3 N–H and O–H groups in total. The van der Waals surface area contributed by atoms with Gasteiger partial charge in [-0.05, 0) is 55.3 Å². The smallest absolute Gasteiger partial charge is 0.265 e. The predicted molar refractivity (Wildman–Crippen MR) is 123 cm³/mol. The van der Waals surface area contributed by atoms with E-state index in [1.807, 2.05) is 55.5 Å². The van der Waals surface area contributed by atoms with E-state index < -0.39 is 12.1 Å². The van der Waals surface area contributed by atoms with Gasteiger partial charge in [0, 0.05) is 16.4 Å². The minimum atomic E-state index is -0.668. The third kappa shape index (κ3) is 4.64. The summed E-state index contributed by atoms with van der Waals surface area (Å²) in [4.78, 5) is 25.1. The second kappa shape index (κ2) is 8.70. The van der Waals surface area contributed by atoms with Gasteiger partial charge in [0.05, 0.1) is 5.69 Å². The minimum Gasteiger partial charge on any atom is -0.479 e. The average Bonchev–Trinajstić information content (AvgIpc) is 2.76. The Labute approximate surface area is 185 Å². The number of nitrogens with one attached hydrogen (secondary N) is 3. The first-order valence-corrected chi connectivity index (χ1v) is 10.3. The van der Waals surface area contributed by atoms with E-state index in [1.165, 1.54) is 0 Å². The van der Waals surface area contributed by atoms with E-state index in [4.69, 9.17) is 16.3 Å². The highest BCUT2D eigenvalue weighted by Crippen LogP contribution is 2.33. The Bertz CT molecular complexity index is 1130. The summed E-state index contributed by atoms with van der Waals surface area (Å²) in [6, 6.07) is 19.5. The molecular formula is C24H22ClN3O3. The molecule has 31 heavy (non-hydrogen) atoms. The number of carbonyl (C=O) groups excluding carboxylic acids is 2. The number of halogens is 1. The van der Waals surface area contributed by atoms with Gasteiger partial charge in [0.2, 0.25) is 0 Å². The van der Waals surface area contributed by atoms with E-state index in [9.17, 15) is 9.59 Å². The third-order valence-corrected chi connectivity index (χ3v) is 5.46. The molecule has 158 valence electrons. The van der Waals surface area contributed by atoms with Crippen molar-refractivity contribution in [3.05, 3.63) is 82.9 Å². The highest BCUT2D eigenvalue weighted by molar-refractivity contribution is 6.31. The van der Waals surface area contributed by atoms with Gasteiger partial charge in [-0.15, -0.1) is 0 Å². The van der Waals surface area contributed by atoms with Crippen LogP contribution in [0.25, 0.3) is 0 Å². The second-order valence-corrected chi connectivity index (χ2v) is 7.81. The van der Waals surface area contributed by atoms with Crippen LogP contribution in [0.1, 0.15) is 24.1 Å². The van der Waals surface area contributed by atoms with Gasteiger partial charge >= 0.3 is 0 Å². The maximum atomic E-state index is 13.2. The normalized spacial score (nSPS) is 15.8. The quantitative estimate of drug-likeness (QED) is 0.517. The second-order valence-electron chi connectivity index (χ2n) is 7.40. The Morgan fingerprint density at radius 3 is 2.55 bits per heavy atom. The molecule has 7 heteroatoms. The topological polar surface area (TPSA) is 79.5 Å². The molecule has 2 amide bonds. The molecule has 0 radical (unpaired) electrons. The van der Waals surface area contributed by atoms with E-state index in [0.717, 1.165) is 11.1 Å². The van der Waals surface area contributed by atoms with E-state index in [2.05, 4.69) is 16.0 Å². The SMILES string of the molecule is Cc1ccc(NC(=O)[C@H](Nc2ccc3c(c2)NC(=O)[C@@H](C)O3)c2ccccc2)cc1Cl. The monoisotopic (exact) mass is 435 g/mol. The van der Waals surface area contributed by atoms with Crippen molar-refractivity contribution in [1.29, 1.82) is 0 Å². The van der Waals surface area contributed by atoms with Crippen LogP contribution in [-0.4, -0.2) is 17.9 Å². The molecule has 0 fully saturated rings. The van der Waals surface area contributed by atoms with Crippen molar-refractivity contribution in [2.24, 2.45) is 0 Å². The summed E-state index contributed by atoms with van der Waals surface area (Å²) in [6.07, 6.45) is -0.546. The van der Waals surface area contributed by atoms with Crippen molar-refractivity contribution in [3.63, 3.8) is 0 Å². The molecule has 6 nitrogen and oxygen atoms in total. The van der Waals surface area contributed by atoms with Crippen LogP contribution < -0.4 is 20.7 Å². The van der Waals surface area contributed by atoms with E-state index >= 15 is 0 Å². The van der Waals surface area contributed by atoms with Crippen molar-refractivity contribution in [2.45, 2.75) is 26.0 Å². The van der Waals surface area contributed by atoms with Crippen LogP contribution in [-0.2, 0) is 9.59 Å². The Morgan fingerprint density at radius 2 is 1.81 bits per heavy atom. The number of carbonyl (C=O) groups is 2. The number of rotatable bonds is 5. The number of anilines is 3. The fourth-order valence-electron chi connectivity index (χ4n) is 3.30. The largest absolute Gasteiger partial charge is 0.479 e. The third-order valence-electron chi connectivity index (χ3n) is 5.06. The van der Waals surface area contributed by atoms with E-state index in [-0.39, 0.29) is 11.8 Å². The summed E-state index contributed by atoms with van der Waals surface area (Å²) in [6.45, 7) is 3.60. The lowest BCUT2D eigenvalue weighted by molar-refractivity contribution is -0.122. The van der Waals surface area contributed by atoms with Gasteiger partial charge in [-0.2, -0.15) is 0 Å². The molecular weight excluding hydrogens is 414 g/mol. The summed E-state index contributed by atoms with van der Waals surface area (Å²) >= 11 is 6.20. The number of benzene rings is 3. The standard InChI is InChI=1S/C24H22ClN3O3/c1-14-8-9-17(12-19(14)25)27-24(30)22(16-6-4-3-5-7-16)26-18-10-11-21-20(13-18)28-23(29)15(2)31-21/h3-13,15,22,26H,1-2H3,(H,27,30)(H,28,29)/t15-,22-/m1/s1. The molecule has 4 rings (SSSR count). The summed E-state index contributed by atoms with van der Waals surface area (Å²) in [7, 11) is 0. The van der Waals surface area contributed by atoms with Crippen LogP contribution in [0.4, 0.5) is 17.1 Å². The number of hydrogen-bond acceptors (Lipinski definition) is 4. The predicted octanol–water partition coefficient (Wildman–Crippen LogP) is 5.16. The lowest BCUT2D eigenvalue weighted by atomic mass is 10.0. The molecule has 0 aromatic heterocycles. The Hall–Kier alpha value is -3.51. The van der Waals surface area contributed by atoms with Crippen molar-refractivity contribution >= 4 is 40.5 Å². The average molecular weight is 436 g/mol. The molecule has 0 saturated carbocycles. The minimum absolute atomic E-state index is 0.210. The molecule has 2 atom stereocenters. The van der Waals surface area contributed by atoms with Gasteiger partial charge in [-0.1, -0.05) is 48.0 Å². The van der Waals surface area contributed by atoms with E-state index in [0.29, 0.717) is 27.8 Å². The first-order valence-electron chi connectivity index (χ1n) is 9.91. The van der Waals surface area contributed by atoms with Gasteiger partial charge in [0.25, 0.3) is 11.8 Å². The zero-order valence-corrected chi connectivity index (χ0v) is 17.9. The van der Waals surface area contributed by atoms with Gasteiger partial charge in [-0.3, -0.25) is 9.59 Å². The number of amides is 2. The molecule has 1 aliphatic heterocycles. The maximum Gasteiger partial charge on any atom is 0.265 e. The zero-order chi connectivity index (χ0) is 22.0. The van der Waals surface area contributed by atoms with Crippen LogP contribution in [0.2, 0.25) is 5.02 Å². The van der Waals surface area contributed by atoms with Crippen molar-refractivity contribution in [3.8, 4) is 5.75 Å². The molecule has 3 aromatic carbocycles. The fourth-order valence-corrected chi connectivity index (χ4v) is 3.48. The Balaban J connectivity index is 1.60. The molecule has 0 bridgehead atoms. The number of hydrogen-bond donors (Lipinski definition) is 3. The summed E-state index contributed by atoms with van der Waals surface area (Å²) < 4.78 is 5.60. The van der Waals surface area contributed by atoms with Crippen LogP contribution in [0.5, 0.6) is 5.75 Å². The van der Waals surface area contributed by atoms with Gasteiger partial charge < -0.3 is 20.7 Å². The highest BCUT2D eigenvalue weighted by Gasteiger charge is 2.25. The van der Waals surface area contributed by atoms with Crippen LogP contribution >= 0.6 is 11.6 Å². The summed E-state index contributed by atoms with van der Waals surface area (Å²) in [5.41, 5.74) is 3.58. The van der Waals surface area contributed by atoms with Gasteiger partial charge in [-0.25, -0.2) is 0 Å². The molecule has 0 unspecified atom stereocenters. The lowest BCUT2D eigenvalue weighted by Crippen LogP contribution is -2.34. The zero-order valence-electron chi connectivity index (χ0n) is 17.1. The van der Waals surface area contributed by atoms with Crippen molar-refractivity contribution in [2.75, 3.05) is 16.0 Å². The Kier molecular flexibility index (Phi) is 5.82. The number of ether oxygens (including phenoxy) is 1. The molecule has 3 aromatic rings. The summed E-state index contributed by atoms with van der Waals surface area (Å²) in [5.74, 6) is 0.142. The first-order chi connectivity index (χ1) is 14.9. The van der Waals surface area contributed by atoms with Crippen molar-refractivity contribution < 1.29 is 14.3 Å². The Morgan fingerprint density at radius 1 is 1.06 bits per heavy atom.